The molecule has 0 fully saturated rings. The Hall–Kier alpha value is -1.88. The van der Waals surface area contributed by atoms with E-state index in [-0.39, 0.29) is 5.69 Å². The van der Waals surface area contributed by atoms with Gasteiger partial charge in [-0.1, -0.05) is 22.0 Å². The first kappa shape index (κ1) is 14.1. The molecule has 0 atom stereocenters. The largest absolute Gasteiger partial charge is 0.457 e. The van der Waals surface area contributed by atoms with Crippen molar-refractivity contribution >= 4 is 21.6 Å². The Balaban J connectivity index is 1.89. The highest BCUT2D eigenvalue weighted by Gasteiger charge is 2.14. The van der Waals surface area contributed by atoms with Gasteiger partial charge in [0.15, 0.2) is 0 Å². The number of hydrogen-bond donors (Lipinski definition) is 0. The predicted octanol–water partition coefficient (Wildman–Crippen LogP) is 4.77. The first-order chi connectivity index (χ1) is 10.2. The van der Waals surface area contributed by atoms with Gasteiger partial charge in [0, 0.05) is 23.0 Å². The van der Waals surface area contributed by atoms with E-state index in [1.165, 1.54) is 29.7 Å². The third-order valence-electron chi connectivity index (χ3n) is 3.70. The van der Waals surface area contributed by atoms with E-state index >= 15 is 0 Å². The maximum atomic E-state index is 10.8. The van der Waals surface area contributed by atoms with Crippen LogP contribution in [0.3, 0.4) is 0 Å². The summed E-state index contributed by atoms with van der Waals surface area (Å²) in [6, 6.07) is 10.8. The van der Waals surface area contributed by atoms with Crippen LogP contribution in [0.2, 0.25) is 0 Å². The maximum Gasteiger partial charge on any atom is 0.270 e. The summed E-state index contributed by atoms with van der Waals surface area (Å²) in [7, 11) is 0. The van der Waals surface area contributed by atoms with Crippen LogP contribution in [0.25, 0.3) is 0 Å². The van der Waals surface area contributed by atoms with E-state index in [0.29, 0.717) is 11.1 Å². The Bertz CT molecular complexity index is 700. The van der Waals surface area contributed by atoms with Crippen LogP contribution in [0.5, 0.6) is 11.5 Å². The number of rotatable bonds is 4. The van der Waals surface area contributed by atoms with Gasteiger partial charge < -0.3 is 4.74 Å². The Morgan fingerprint density at radius 2 is 1.95 bits per heavy atom. The number of nitro groups is 1. The minimum absolute atomic E-state index is 0.0748. The topological polar surface area (TPSA) is 52.4 Å². The van der Waals surface area contributed by atoms with E-state index in [0.717, 1.165) is 24.2 Å². The van der Waals surface area contributed by atoms with Gasteiger partial charge in [-0.2, -0.15) is 0 Å². The van der Waals surface area contributed by atoms with E-state index in [4.69, 9.17) is 4.74 Å². The molecule has 1 aliphatic rings. The summed E-state index contributed by atoms with van der Waals surface area (Å²) in [5, 5.41) is 11.3. The molecule has 0 unspecified atom stereocenters. The standard InChI is InChI=1S/C16H14BrNO3/c17-10-13-8-14(18(19)20)5-7-16(13)21-15-6-4-11-2-1-3-12(11)9-15/h4-9H,1-3,10H2. The summed E-state index contributed by atoms with van der Waals surface area (Å²) in [5.74, 6) is 1.43. The average molecular weight is 348 g/mol. The second kappa shape index (κ2) is 5.85. The number of halogens is 1. The van der Waals surface area contributed by atoms with Crippen molar-refractivity contribution in [2.75, 3.05) is 0 Å². The van der Waals surface area contributed by atoms with Crippen LogP contribution < -0.4 is 4.74 Å². The molecule has 0 N–H and O–H groups in total. The first-order valence-corrected chi connectivity index (χ1v) is 7.92. The lowest BCUT2D eigenvalue weighted by molar-refractivity contribution is -0.384. The quantitative estimate of drug-likeness (QED) is 0.454. The molecular formula is C16H14BrNO3. The minimum Gasteiger partial charge on any atom is -0.457 e. The van der Waals surface area contributed by atoms with E-state index in [2.05, 4.69) is 28.1 Å². The van der Waals surface area contributed by atoms with Gasteiger partial charge >= 0.3 is 0 Å². The predicted molar refractivity (Wildman–Crippen MR) is 84.3 cm³/mol. The summed E-state index contributed by atoms with van der Waals surface area (Å²) in [6.07, 6.45) is 3.43. The van der Waals surface area contributed by atoms with Gasteiger partial charge in [-0.3, -0.25) is 10.1 Å². The molecule has 3 rings (SSSR count). The Morgan fingerprint density at radius 1 is 1.14 bits per heavy atom. The van der Waals surface area contributed by atoms with Crippen LogP contribution in [-0.2, 0) is 18.2 Å². The highest BCUT2D eigenvalue weighted by atomic mass is 79.9. The number of nitrogens with zero attached hydrogens (tertiary/aromatic N) is 1. The van der Waals surface area contributed by atoms with Gasteiger partial charge in [0.1, 0.15) is 11.5 Å². The van der Waals surface area contributed by atoms with Gasteiger partial charge in [0.2, 0.25) is 0 Å². The molecule has 0 saturated carbocycles. The Morgan fingerprint density at radius 3 is 2.71 bits per heavy atom. The van der Waals surface area contributed by atoms with E-state index in [1.54, 1.807) is 6.07 Å². The fourth-order valence-electron chi connectivity index (χ4n) is 2.62. The van der Waals surface area contributed by atoms with Crippen molar-refractivity contribution in [3.05, 3.63) is 63.2 Å². The smallest absolute Gasteiger partial charge is 0.270 e. The number of alkyl halides is 1. The Labute approximate surface area is 131 Å². The second-order valence-electron chi connectivity index (χ2n) is 5.07. The van der Waals surface area contributed by atoms with Crippen molar-refractivity contribution in [3.63, 3.8) is 0 Å². The lowest BCUT2D eigenvalue weighted by Crippen LogP contribution is -1.94. The fourth-order valence-corrected chi connectivity index (χ4v) is 3.06. The molecule has 0 bridgehead atoms. The van der Waals surface area contributed by atoms with E-state index in [9.17, 15) is 10.1 Å². The zero-order chi connectivity index (χ0) is 14.8. The summed E-state index contributed by atoms with van der Waals surface area (Å²) < 4.78 is 5.91. The number of nitro benzene ring substituents is 1. The van der Waals surface area contributed by atoms with Gasteiger partial charge in [-0.15, -0.1) is 0 Å². The third kappa shape index (κ3) is 2.93. The third-order valence-corrected chi connectivity index (χ3v) is 4.30. The molecule has 5 heteroatoms. The average Bonchev–Trinajstić information content (AvgIpc) is 2.95. The highest BCUT2D eigenvalue weighted by Crippen LogP contribution is 2.32. The molecule has 0 amide bonds. The second-order valence-corrected chi connectivity index (χ2v) is 5.63. The molecule has 2 aromatic carbocycles. The van der Waals surface area contributed by atoms with Crippen LogP contribution in [0.4, 0.5) is 5.69 Å². The maximum absolute atomic E-state index is 10.8. The van der Waals surface area contributed by atoms with Gasteiger partial charge in [-0.05, 0) is 48.6 Å². The molecule has 0 radical (unpaired) electrons. The molecule has 1 aliphatic carbocycles. The fraction of sp³-hybridized carbons (Fsp3) is 0.250. The van der Waals surface area contributed by atoms with Crippen LogP contribution in [0.15, 0.2) is 36.4 Å². The van der Waals surface area contributed by atoms with Crippen molar-refractivity contribution < 1.29 is 9.66 Å². The number of fused-ring (bicyclic) bond motifs is 1. The highest BCUT2D eigenvalue weighted by molar-refractivity contribution is 9.08. The van der Waals surface area contributed by atoms with Crippen molar-refractivity contribution in [1.82, 2.24) is 0 Å². The molecule has 0 heterocycles. The van der Waals surface area contributed by atoms with E-state index < -0.39 is 4.92 Å². The molecule has 2 aromatic rings. The normalized spacial score (nSPS) is 13.0. The van der Waals surface area contributed by atoms with Gasteiger partial charge in [0.05, 0.1) is 4.92 Å². The van der Waals surface area contributed by atoms with Crippen molar-refractivity contribution in [3.8, 4) is 11.5 Å². The monoisotopic (exact) mass is 347 g/mol. The molecular weight excluding hydrogens is 334 g/mol. The van der Waals surface area contributed by atoms with Gasteiger partial charge in [-0.25, -0.2) is 0 Å². The van der Waals surface area contributed by atoms with Crippen LogP contribution in [-0.4, -0.2) is 4.92 Å². The molecule has 0 saturated heterocycles. The first-order valence-electron chi connectivity index (χ1n) is 6.80. The van der Waals surface area contributed by atoms with Crippen LogP contribution in [0, 0.1) is 10.1 Å². The molecule has 4 nitrogen and oxygen atoms in total. The number of non-ortho nitro benzene ring substituents is 1. The van der Waals surface area contributed by atoms with Crippen molar-refractivity contribution in [1.29, 1.82) is 0 Å². The van der Waals surface area contributed by atoms with Crippen LogP contribution in [0.1, 0.15) is 23.1 Å². The molecule has 21 heavy (non-hydrogen) atoms. The molecule has 0 spiro atoms. The molecule has 0 aromatic heterocycles. The SMILES string of the molecule is O=[N+]([O-])c1ccc(Oc2ccc3c(c2)CCC3)c(CBr)c1. The summed E-state index contributed by atoms with van der Waals surface area (Å²) in [6.45, 7) is 0. The number of ether oxygens (including phenoxy) is 1. The number of hydrogen-bond acceptors (Lipinski definition) is 3. The van der Waals surface area contributed by atoms with Gasteiger partial charge in [0.25, 0.3) is 5.69 Å². The molecule has 0 aliphatic heterocycles. The lowest BCUT2D eigenvalue weighted by Gasteiger charge is -2.11. The summed E-state index contributed by atoms with van der Waals surface area (Å²) in [4.78, 5) is 10.4. The van der Waals surface area contributed by atoms with Crippen molar-refractivity contribution in [2.45, 2.75) is 24.6 Å². The molecule has 108 valence electrons. The lowest BCUT2D eigenvalue weighted by atomic mass is 10.1. The zero-order valence-corrected chi connectivity index (χ0v) is 12.9. The number of benzene rings is 2. The zero-order valence-electron chi connectivity index (χ0n) is 11.3. The minimum atomic E-state index is -0.397. The summed E-state index contributed by atoms with van der Waals surface area (Å²) >= 11 is 3.35. The van der Waals surface area contributed by atoms with E-state index in [1.807, 2.05) is 6.07 Å². The Kier molecular flexibility index (Phi) is 3.92. The van der Waals surface area contributed by atoms with Crippen molar-refractivity contribution in [2.24, 2.45) is 0 Å². The summed E-state index contributed by atoms with van der Waals surface area (Å²) in [5.41, 5.74) is 3.58. The van der Waals surface area contributed by atoms with Crippen LogP contribution >= 0.6 is 15.9 Å². The number of aryl methyl sites for hydroxylation is 2.